The van der Waals surface area contributed by atoms with Gasteiger partial charge in [0.1, 0.15) is 0 Å². The molecular formula is C10H7N6O3S. The Bertz CT molecular complexity index is 743. The van der Waals surface area contributed by atoms with Gasteiger partial charge in [-0.25, -0.2) is 0 Å². The van der Waals surface area contributed by atoms with Crippen LogP contribution in [0.15, 0.2) is 30.3 Å². The van der Waals surface area contributed by atoms with Crippen LogP contribution in [0, 0.1) is 17.8 Å². The zero-order chi connectivity index (χ0) is 14.6. The highest BCUT2D eigenvalue weighted by Crippen LogP contribution is 2.24. The summed E-state index contributed by atoms with van der Waals surface area (Å²) in [5.41, 5.74) is 0.123. The standard InChI is InChI=1S/C10H7N6O3S/c11-6-12-9-13-7-14-10(15-9)16(20(17,18)19)8-4-2-1-3-5-8/h1-5H,(H,17,18,19)(H,12,13,14,15). The monoisotopic (exact) mass is 291 g/mol. The van der Waals surface area contributed by atoms with E-state index >= 15 is 0 Å². The fourth-order valence-electron chi connectivity index (χ4n) is 1.37. The Kier molecular flexibility index (Phi) is 3.74. The Morgan fingerprint density at radius 3 is 2.60 bits per heavy atom. The van der Waals surface area contributed by atoms with Crippen LogP contribution in [-0.4, -0.2) is 27.9 Å². The number of hydrogen-bond acceptors (Lipinski definition) is 7. The predicted molar refractivity (Wildman–Crippen MR) is 68.0 cm³/mol. The Morgan fingerprint density at radius 2 is 2.00 bits per heavy atom. The van der Waals surface area contributed by atoms with Crippen molar-refractivity contribution in [3.63, 3.8) is 0 Å². The van der Waals surface area contributed by atoms with Crippen molar-refractivity contribution in [1.29, 1.82) is 5.26 Å². The van der Waals surface area contributed by atoms with E-state index < -0.39 is 16.3 Å². The molecule has 0 unspecified atom stereocenters. The van der Waals surface area contributed by atoms with Gasteiger partial charge in [0.2, 0.25) is 12.3 Å². The van der Waals surface area contributed by atoms with Gasteiger partial charge in [-0.1, -0.05) is 18.2 Å². The van der Waals surface area contributed by atoms with Crippen molar-refractivity contribution in [2.45, 2.75) is 0 Å². The maximum absolute atomic E-state index is 11.5. The van der Waals surface area contributed by atoms with Crippen LogP contribution >= 0.6 is 0 Å². The second-order valence-electron chi connectivity index (χ2n) is 3.37. The van der Waals surface area contributed by atoms with E-state index in [0.29, 0.717) is 4.31 Å². The zero-order valence-electron chi connectivity index (χ0n) is 9.79. The van der Waals surface area contributed by atoms with Gasteiger partial charge in [0.05, 0.1) is 5.69 Å². The van der Waals surface area contributed by atoms with E-state index in [-0.39, 0.29) is 11.6 Å². The number of anilines is 3. The molecule has 0 bridgehead atoms. The summed E-state index contributed by atoms with van der Waals surface area (Å²) < 4.78 is 32.8. The molecule has 0 aliphatic carbocycles. The molecular weight excluding hydrogens is 284 g/mol. The summed E-state index contributed by atoms with van der Waals surface area (Å²) in [6.07, 6.45) is 3.72. The minimum atomic E-state index is -4.65. The normalized spacial score (nSPS) is 10.6. The molecule has 0 amide bonds. The van der Waals surface area contributed by atoms with Crippen LogP contribution in [-0.2, 0) is 10.3 Å². The number of benzene rings is 1. The quantitative estimate of drug-likeness (QED) is 0.473. The van der Waals surface area contributed by atoms with Crippen molar-refractivity contribution in [3.05, 3.63) is 36.7 Å². The molecule has 1 heterocycles. The molecule has 10 heteroatoms. The highest BCUT2D eigenvalue weighted by atomic mass is 32.2. The number of rotatable bonds is 4. The summed E-state index contributed by atoms with van der Waals surface area (Å²) in [5, 5.41) is 10.6. The lowest BCUT2D eigenvalue weighted by molar-refractivity contribution is 0.482. The highest BCUT2D eigenvalue weighted by molar-refractivity contribution is 7.87. The SMILES string of the molecule is N#CNc1n[c]nc(N(c2ccccc2)S(=O)(=O)O)n1. The average Bonchev–Trinajstić information content (AvgIpc) is 2.39. The maximum atomic E-state index is 11.5. The third-order valence-electron chi connectivity index (χ3n) is 2.08. The van der Waals surface area contributed by atoms with E-state index in [4.69, 9.17) is 5.26 Å². The van der Waals surface area contributed by atoms with E-state index in [0.717, 1.165) is 0 Å². The van der Waals surface area contributed by atoms with Gasteiger partial charge in [-0.15, -0.1) is 0 Å². The summed E-state index contributed by atoms with van der Waals surface area (Å²) in [6, 6.07) is 7.71. The average molecular weight is 291 g/mol. The minimum Gasteiger partial charge on any atom is -0.269 e. The lowest BCUT2D eigenvalue weighted by Crippen LogP contribution is -2.27. The second kappa shape index (κ2) is 5.47. The number of nitriles is 1. The Morgan fingerprint density at radius 1 is 1.30 bits per heavy atom. The zero-order valence-corrected chi connectivity index (χ0v) is 10.6. The largest absolute Gasteiger partial charge is 0.366 e. The lowest BCUT2D eigenvalue weighted by atomic mass is 10.3. The molecule has 2 rings (SSSR count). The van der Waals surface area contributed by atoms with E-state index in [1.165, 1.54) is 12.1 Å². The lowest BCUT2D eigenvalue weighted by Gasteiger charge is -2.18. The van der Waals surface area contributed by atoms with Crippen LogP contribution in [0.2, 0.25) is 0 Å². The van der Waals surface area contributed by atoms with Crippen LogP contribution in [0.25, 0.3) is 0 Å². The van der Waals surface area contributed by atoms with Gasteiger partial charge in [0, 0.05) is 0 Å². The first-order valence-corrected chi connectivity index (χ1v) is 6.52. The van der Waals surface area contributed by atoms with Gasteiger partial charge in [-0.3, -0.25) is 9.87 Å². The third kappa shape index (κ3) is 2.97. The van der Waals surface area contributed by atoms with Gasteiger partial charge >= 0.3 is 10.3 Å². The summed E-state index contributed by atoms with van der Waals surface area (Å²) in [4.78, 5) is 10.8. The molecule has 0 atom stereocenters. The summed E-state index contributed by atoms with van der Waals surface area (Å²) >= 11 is 0. The summed E-state index contributed by atoms with van der Waals surface area (Å²) in [6.45, 7) is 0. The van der Waals surface area contributed by atoms with Crippen molar-refractivity contribution < 1.29 is 13.0 Å². The van der Waals surface area contributed by atoms with Gasteiger partial charge in [-0.2, -0.15) is 32.9 Å². The van der Waals surface area contributed by atoms with Crippen LogP contribution in [0.1, 0.15) is 0 Å². The molecule has 0 aliphatic rings. The number of nitrogens with zero attached hydrogens (tertiary/aromatic N) is 5. The Hall–Kier alpha value is -2.77. The minimum absolute atomic E-state index is 0.123. The maximum Gasteiger partial charge on any atom is 0.366 e. The summed E-state index contributed by atoms with van der Waals surface area (Å²) in [5.74, 6) is -0.589. The fraction of sp³-hybridized carbons (Fsp3) is 0. The van der Waals surface area contributed by atoms with Gasteiger partial charge in [0.25, 0.3) is 5.95 Å². The van der Waals surface area contributed by atoms with Crippen LogP contribution < -0.4 is 9.62 Å². The van der Waals surface area contributed by atoms with E-state index in [9.17, 15) is 13.0 Å². The van der Waals surface area contributed by atoms with Gasteiger partial charge < -0.3 is 0 Å². The van der Waals surface area contributed by atoms with Crippen molar-refractivity contribution >= 4 is 27.9 Å². The summed E-state index contributed by atoms with van der Waals surface area (Å²) in [7, 11) is -4.65. The number of aromatic nitrogens is 3. The molecule has 0 saturated heterocycles. The Balaban J connectivity index is 2.54. The predicted octanol–water partition coefficient (Wildman–Crippen LogP) is 0.506. The van der Waals surface area contributed by atoms with Gasteiger partial charge in [0.15, 0.2) is 6.19 Å². The number of para-hydroxylation sites is 1. The molecule has 0 aliphatic heterocycles. The molecule has 9 nitrogen and oxygen atoms in total. The molecule has 0 spiro atoms. The molecule has 2 aromatic rings. The third-order valence-corrected chi connectivity index (χ3v) is 2.92. The van der Waals surface area contributed by atoms with Crippen molar-refractivity contribution in [2.75, 3.05) is 9.62 Å². The second-order valence-corrected chi connectivity index (χ2v) is 4.63. The molecule has 0 fully saturated rings. The Labute approximate surface area is 114 Å². The molecule has 1 radical (unpaired) electrons. The molecule has 1 aromatic heterocycles. The smallest absolute Gasteiger partial charge is 0.269 e. The molecule has 101 valence electrons. The fourth-order valence-corrected chi connectivity index (χ4v) is 2.05. The first kappa shape index (κ1) is 13.7. The van der Waals surface area contributed by atoms with E-state index in [2.05, 4.69) is 26.6 Å². The number of nitrogens with one attached hydrogen (secondary N) is 1. The van der Waals surface area contributed by atoms with E-state index in [1.54, 1.807) is 24.4 Å². The van der Waals surface area contributed by atoms with Crippen LogP contribution in [0.5, 0.6) is 0 Å². The topological polar surface area (TPSA) is 132 Å². The van der Waals surface area contributed by atoms with Crippen molar-refractivity contribution in [2.24, 2.45) is 0 Å². The first-order valence-electron chi connectivity index (χ1n) is 5.12. The van der Waals surface area contributed by atoms with Crippen LogP contribution in [0.4, 0.5) is 17.6 Å². The molecule has 1 aromatic carbocycles. The molecule has 2 N–H and O–H groups in total. The highest BCUT2D eigenvalue weighted by Gasteiger charge is 2.25. The first-order chi connectivity index (χ1) is 9.52. The van der Waals surface area contributed by atoms with Gasteiger partial charge in [-0.05, 0) is 12.1 Å². The van der Waals surface area contributed by atoms with E-state index in [1.807, 2.05) is 0 Å². The van der Waals surface area contributed by atoms with Crippen molar-refractivity contribution in [1.82, 2.24) is 15.0 Å². The molecule has 0 saturated carbocycles. The van der Waals surface area contributed by atoms with Crippen LogP contribution in [0.3, 0.4) is 0 Å². The van der Waals surface area contributed by atoms with Crippen molar-refractivity contribution in [3.8, 4) is 6.19 Å². The molecule has 20 heavy (non-hydrogen) atoms. The number of hydrogen-bond donors (Lipinski definition) is 2.